The number of hydrogen-bond acceptors (Lipinski definition) is 6. The maximum Gasteiger partial charge on any atom is 0.446 e. The number of alkyl halides is 3. The van der Waals surface area contributed by atoms with E-state index in [4.69, 9.17) is 4.74 Å². The first-order valence-electron chi connectivity index (χ1n) is 10.5. The van der Waals surface area contributed by atoms with Gasteiger partial charge < -0.3 is 15.0 Å². The molecule has 34 heavy (non-hydrogen) atoms. The van der Waals surface area contributed by atoms with E-state index in [-0.39, 0.29) is 22.6 Å². The van der Waals surface area contributed by atoms with Gasteiger partial charge in [-0.05, 0) is 78.0 Å². The molecule has 4 rings (SSSR count). The highest BCUT2D eigenvalue weighted by atomic mass is 32.2. The Morgan fingerprint density at radius 3 is 2.50 bits per heavy atom. The lowest BCUT2D eigenvalue weighted by molar-refractivity contribution is -0.0328. The fourth-order valence-corrected chi connectivity index (χ4v) is 4.21. The molecule has 2 heterocycles. The molecule has 2 aromatic carbocycles. The van der Waals surface area contributed by atoms with E-state index in [1.165, 1.54) is 12.1 Å². The second-order valence-corrected chi connectivity index (χ2v) is 8.87. The number of rotatable bonds is 7. The van der Waals surface area contributed by atoms with Gasteiger partial charge in [0.25, 0.3) is 5.91 Å². The van der Waals surface area contributed by atoms with Crippen molar-refractivity contribution < 1.29 is 22.7 Å². The summed E-state index contributed by atoms with van der Waals surface area (Å²) in [5.41, 5.74) is -1.90. The summed E-state index contributed by atoms with van der Waals surface area (Å²) < 4.78 is 42.7. The van der Waals surface area contributed by atoms with Gasteiger partial charge in [0.15, 0.2) is 0 Å². The second-order valence-electron chi connectivity index (χ2n) is 7.73. The monoisotopic (exact) mass is 488 g/mol. The molecule has 0 saturated carbocycles. The van der Waals surface area contributed by atoms with Gasteiger partial charge in [-0.15, -0.1) is 0 Å². The van der Waals surface area contributed by atoms with E-state index in [0.29, 0.717) is 30.3 Å². The summed E-state index contributed by atoms with van der Waals surface area (Å²) in [6.45, 7) is 2.90. The summed E-state index contributed by atoms with van der Waals surface area (Å²) in [7, 11) is 1.57. The predicted octanol–water partition coefficient (Wildman–Crippen LogP) is 5.23. The predicted molar refractivity (Wildman–Crippen MR) is 126 cm³/mol. The maximum absolute atomic E-state index is 12.5. The average Bonchev–Trinajstić information content (AvgIpc) is 3.27. The van der Waals surface area contributed by atoms with Crippen molar-refractivity contribution in [2.75, 3.05) is 37.1 Å². The lowest BCUT2D eigenvalue weighted by Crippen LogP contribution is -2.25. The first kappa shape index (κ1) is 23.9. The minimum atomic E-state index is -4.29. The Bertz CT molecular complexity index is 1120. The van der Waals surface area contributed by atoms with Crippen LogP contribution in [0.3, 0.4) is 0 Å². The number of hydrogen-bond donors (Lipinski definition) is 1. The zero-order valence-corrected chi connectivity index (χ0v) is 19.2. The van der Waals surface area contributed by atoms with Crippen molar-refractivity contribution in [3.63, 3.8) is 0 Å². The first-order chi connectivity index (χ1) is 16.3. The molecule has 0 unspecified atom stereocenters. The van der Waals surface area contributed by atoms with Gasteiger partial charge in [0.1, 0.15) is 11.6 Å². The zero-order valence-electron chi connectivity index (χ0n) is 18.4. The van der Waals surface area contributed by atoms with Gasteiger partial charge in [-0.2, -0.15) is 13.2 Å². The number of benzene rings is 2. The Morgan fingerprint density at radius 2 is 1.82 bits per heavy atom. The van der Waals surface area contributed by atoms with Gasteiger partial charge >= 0.3 is 5.51 Å². The number of nitrogens with one attached hydrogen (secondary N) is 1. The number of ether oxygens (including phenoxy) is 1. The molecule has 1 N–H and O–H groups in total. The Morgan fingerprint density at radius 1 is 1.09 bits per heavy atom. The van der Waals surface area contributed by atoms with Crippen molar-refractivity contribution in [3.05, 3.63) is 78.0 Å². The number of amides is 1. The van der Waals surface area contributed by atoms with Crippen molar-refractivity contribution in [1.29, 1.82) is 0 Å². The molecule has 3 aromatic rings. The molecule has 1 aromatic heterocycles. The van der Waals surface area contributed by atoms with Crippen LogP contribution < -0.4 is 15.0 Å². The van der Waals surface area contributed by atoms with Crippen molar-refractivity contribution in [3.8, 4) is 5.75 Å². The number of methoxy groups -OCH3 is 1. The number of anilines is 2. The first-order valence-corrected chi connectivity index (χ1v) is 11.3. The second kappa shape index (κ2) is 10.4. The van der Waals surface area contributed by atoms with E-state index in [0.717, 1.165) is 24.3 Å². The molecular weight excluding hydrogens is 465 g/mol. The molecule has 1 aliphatic rings. The van der Waals surface area contributed by atoms with E-state index in [1.54, 1.807) is 49.7 Å². The normalized spacial score (nSPS) is 14.3. The van der Waals surface area contributed by atoms with Crippen molar-refractivity contribution in [2.45, 2.75) is 16.9 Å². The average molecular weight is 489 g/mol. The number of halogens is 3. The van der Waals surface area contributed by atoms with Gasteiger partial charge in [0, 0.05) is 42.0 Å². The number of pyridine rings is 1. The molecule has 6 nitrogen and oxygen atoms in total. The van der Waals surface area contributed by atoms with Crippen LogP contribution in [0.2, 0.25) is 0 Å². The molecule has 0 radical (unpaired) electrons. The number of nitrogens with zero attached hydrogens (tertiary/aromatic N) is 3. The van der Waals surface area contributed by atoms with Gasteiger partial charge in [0.2, 0.25) is 0 Å². The Kier molecular flexibility index (Phi) is 7.28. The largest absolute Gasteiger partial charge is 0.497 e. The summed E-state index contributed by atoms with van der Waals surface area (Å²) in [5, 5.41) is 2.82. The lowest BCUT2D eigenvalue weighted by atomic mass is 10.2. The van der Waals surface area contributed by atoms with Crippen LogP contribution in [0, 0.1) is 0 Å². The summed E-state index contributed by atoms with van der Waals surface area (Å²) in [6.07, 6.45) is 1.66. The van der Waals surface area contributed by atoms with E-state index in [2.05, 4.69) is 20.1 Å². The third-order valence-corrected chi connectivity index (χ3v) is 6.06. The highest BCUT2D eigenvalue weighted by Crippen LogP contribution is 2.37. The van der Waals surface area contributed by atoms with Crippen LogP contribution in [0.5, 0.6) is 5.75 Å². The van der Waals surface area contributed by atoms with E-state index in [1.807, 2.05) is 12.1 Å². The smallest absolute Gasteiger partial charge is 0.446 e. The van der Waals surface area contributed by atoms with E-state index in [9.17, 15) is 18.0 Å². The fourth-order valence-electron chi connectivity index (χ4n) is 3.67. The Hall–Kier alpha value is -3.24. The number of carbonyl (C=O) groups excluding carboxylic acids is 1. The summed E-state index contributed by atoms with van der Waals surface area (Å²) in [6, 6.07) is 17.0. The van der Waals surface area contributed by atoms with Crippen LogP contribution in [0.1, 0.15) is 15.9 Å². The molecule has 10 heteroatoms. The van der Waals surface area contributed by atoms with Crippen LogP contribution in [0.25, 0.3) is 0 Å². The van der Waals surface area contributed by atoms with Crippen molar-refractivity contribution >= 4 is 29.2 Å². The Balaban J connectivity index is 1.33. The van der Waals surface area contributed by atoms with Crippen LogP contribution in [-0.2, 0) is 6.54 Å². The fraction of sp³-hybridized carbons (Fsp3) is 0.250. The standard InChI is InChI=1S/C24H23F3N4O2S/c1-33-20-6-2-18(3-7-20)23(32)29-22-14-17(10-11-28-22)15-30-12-13-31(16-30)19-4-8-21(9-5-19)34-24(25,26)27/h2-11,14H,12-13,15-16H2,1H3,(H,28,29,32). The molecule has 0 atom stereocenters. The SMILES string of the molecule is COc1ccc(C(=O)Nc2cc(CN3CCN(c4ccc(SC(F)(F)F)cc4)C3)ccn2)cc1. The van der Waals surface area contributed by atoms with E-state index < -0.39 is 5.51 Å². The quantitative estimate of drug-likeness (QED) is 0.460. The number of aromatic nitrogens is 1. The van der Waals surface area contributed by atoms with Gasteiger partial charge in [-0.3, -0.25) is 9.69 Å². The molecule has 1 aliphatic heterocycles. The third-order valence-electron chi connectivity index (χ3n) is 5.32. The highest BCUT2D eigenvalue weighted by Gasteiger charge is 2.29. The topological polar surface area (TPSA) is 57.7 Å². The summed E-state index contributed by atoms with van der Waals surface area (Å²) in [4.78, 5) is 21.3. The number of thioether (sulfide) groups is 1. The van der Waals surface area contributed by atoms with Crippen molar-refractivity contribution in [2.24, 2.45) is 0 Å². The maximum atomic E-state index is 12.5. The Labute approximate surface area is 199 Å². The molecular formula is C24H23F3N4O2S. The van der Waals surface area contributed by atoms with Crippen LogP contribution in [0.15, 0.2) is 71.8 Å². The molecule has 0 aliphatic carbocycles. The molecule has 0 bridgehead atoms. The minimum absolute atomic E-state index is 0.111. The summed E-state index contributed by atoms with van der Waals surface area (Å²) >= 11 is -0.111. The van der Waals surface area contributed by atoms with E-state index >= 15 is 0 Å². The van der Waals surface area contributed by atoms with Gasteiger partial charge in [-0.25, -0.2) is 4.98 Å². The lowest BCUT2D eigenvalue weighted by Gasteiger charge is -2.20. The van der Waals surface area contributed by atoms with Crippen molar-refractivity contribution in [1.82, 2.24) is 9.88 Å². The molecule has 1 amide bonds. The molecule has 1 fully saturated rings. The zero-order chi connectivity index (χ0) is 24.1. The van der Waals surface area contributed by atoms with Crippen LogP contribution in [0.4, 0.5) is 24.7 Å². The molecule has 1 saturated heterocycles. The van der Waals surface area contributed by atoms with Gasteiger partial charge in [-0.1, -0.05) is 0 Å². The van der Waals surface area contributed by atoms with Crippen LogP contribution in [-0.4, -0.2) is 48.2 Å². The third kappa shape index (κ3) is 6.42. The highest BCUT2D eigenvalue weighted by molar-refractivity contribution is 8.00. The molecule has 178 valence electrons. The van der Waals surface area contributed by atoms with Gasteiger partial charge in [0.05, 0.1) is 13.8 Å². The molecule has 0 spiro atoms. The number of carbonyl (C=O) groups is 1. The van der Waals surface area contributed by atoms with Crippen LogP contribution >= 0.6 is 11.8 Å². The summed E-state index contributed by atoms with van der Waals surface area (Å²) in [5.74, 6) is 0.881. The minimum Gasteiger partial charge on any atom is -0.497 e.